The molecule has 1 aliphatic carbocycles. The van der Waals surface area contributed by atoms with Crippen LogP contribution in [0.4, 0.5) is 5.00 Å². The third kappa shape index (κ3) is 4.83. The van der Waals surface area contributed by atoms with Crippen LogP contribution < -0.4 is 16.6 Å². The fourth-order valence-electron chi connectivity index (χ4n) is 4.14. The number of aromatic nitrogens is 2. The largest absolute Gasteiger partial charge is 0.383 e. The van der Waals surface area contributed by atoms with Crippen molar-refractivity contribution in [3.05, 3.63) is 50.6 Å². The van der Waals surface area contributed by atoms with Crippen LogP contribution in [-0.4, -0.2) is 40.8 Å². The Bertz CT molecular complexity index is 1270. The summed E-state index contributed by atoms with van der Waals surface area (Å²) in [5.74, 6) is -0.768. The van der Waals surface area contributed by atoms with Gasteiger partial charge in [0.05, 0.1) is 34.9 Å². The predicted molar refractivity (Wildman–Crippen MR) is 131 cm³/mol. The number of nitrogens with zero attached hydrogens (tertiary/aromatic N) is 2. The molecule has 0 unspecified atom stereocenters. The Labute approximate surface area is 199 Å². The molecular weight excluding hydrogens is 460 g/mol. The molecule has 10 heteroatoms. The first-order valence-electron chi connectivity index (χ1n) is 10.8. The molecule has 2 heterocycles. The van der Waals surface area contributed by atoms with Crippen LogP contribution in [0.5, 0.6) is 0 Å². The SMILES string of the molecule is COC[C@H](C)n1c(SCC(=O)Nc2sc3c(c2C(N)=O)CCCC3)nc2ccccc2c1=O. The average Bonchev–Trinajstić information content (AvgIpc) is 3.15. The van der Waals surface area contributed by atoms with E-state index in [1.165, 1.54) is 23.1 Å². The number of rotatable bonds is 8. The molecule has 1 aromatic carbocycles. The summed E-state index contributed by atoms with van der Waals surface area (Å²) in [4.78, 5) is 43.8. The highest BCUT2D eigenvalue weighted by Gasteiger charge is 2.25. The van der Waals surface area contributed by atoms with Gasteiger partial charge in [-0.05, 0) is 50.3 Å². The summed E-state index contributed by atoms with van der Waals surface area (Å²) < 4.78 is 6.81. The standard InChI is InChI=1S/C23H26N4O4S2/c1-13(11-31-2)27-22(30)14-7-3-5-9-16(14)25-23(27)32-12-18(28)26-21-19(20(24)29)15-8-4-6-10-17(15)33-21/h3,5,7,9,13H,4,6,8,10-12H2,1-2H3,(H2,24,29)(H,26,28)/t13-/m0/s1. The fourth-order valence-corrected chi connectivity index (χ4v) is 6.35. The van der Waals surface area contributed by atoms with Crippen LogP contribution in [0.1, 0.15) is 46.6 Å². The number of carbonyl (C=O) groups excluding carboxylic acids is 2. The summed E-state index contributed by atoms with van der Waals surface area (Å²) in [6, 6.07) is 6.89. The summed E-state index contributed by atoms with van der Waals surface area (Å²) in [6.45, 7) is 2.21. The Hall–Kier alpha value is -2.69. The Morgan fingerprint density at radius 2 is 2.06 bits per heavy atom. The molecule has 0 saturated heterocycles. The first kappa shape index (κ1) is 23.5. The quantitative estimate of drug-likeness (QED) is 0.372. The van der Waals surface area contributed by atoms with Crippen molar-refractivity contribution < 1.29 is 14.3 Å². The molecule has 0 fully saturated rings. The van der Waals surface area contributed by atoms with Crippen molar-refractivity contribution in [3.8, 4) is 0 Å². The second-order valence-electron chi connectivity index (χ2n) is 8.01. The number of hydrogen-bond donors (Lipinski definition) is 2. The molecule has 8 nitrogen and oxygen atoms in total. The van der Waals surface area contributed by atoms with E-state index in [0.29, 0.717) is 33.2 Å². The van der Waals surface area contributed by atoms with Crippen molar-refractivity contribution >= 4 is 50.8 Å². The van der Waals surface area contributed by atoms with Gasteiger partial charge < -0.3 is 15.8 Å². The number of thioether (sulfide) groups is 1. The molecule has 0 bridgehead atoms. The van der Waals surface area contributed by atoms with Crippen molar-refractivity contribution in [3.63, 3.8) is 0 Å². The van der Waals surface area contributed by atoms with Gasteiger partial charge in [0.1, 0.15) is 5.00 Å². The minimum atomic E-state index is -0.518. The maximum Gasteiger partial charge on any atom is 0.262 e. The van der Waals surface area contributed by atoms with Crippen LogP contribution in [-0.2, 0) is 22.4 Å². The number of benzene rings is 1. The van der Waals surface area contributed by atoms with Gasteiger partial charge in [0.2, 0.25) is 5.91 Å². The molecular formula is C23H26N4O4S2. The number of aryl methyl sites for hydroxylation is 1. The van der Waals surface area contributed by atoms with Gasteiger partial charge in [-0.3, -0.25) is 19.0 Å². The zero-order chi connectivity index (χ0) is 23.5. The van der Waals surface area contributed by atoms with E-state index < -0.39 is 5.91 Å². The van der Waals surface area contributed by atoms with Gasteiger partial charge in [-0.2, -0.15) is 0 Å². The highest BCUT2D eigenvalue weighted by atomic mass is 32.2. The van der Waals surface area contributed by atoms with Crippen LogP contribution in [0.2, 0.25) is 0 Å². The number of methoxy groups -OCH3 is 1. The molecule has 0 spiro atoms. The number of nitrogens with two attached hydrogens (primary N) is 1. The minimum Gasteiger partial charge on any atom is -0.383 e. The molecule has 3 N–H and O–H groups in total. The highest BCUT2D eigenvalue weighted by molar-refractivity contribution is 7.99. The minimum absolute atomic E-state index is 0.0330. The van der Waals surface area contributed by atoms with Crippen molar-refractivity contribution in [2.75, 3.05) is 24.8 Å². The maximum atomic E-state index is 13.1. The molecule has 33 heavy (non-hydrogen) atoms. The van der Waals surface area contributed by atoms with Crippen LogP contribution in [0.15, 0.2) is 34.2 Å². The number of fused-ring (bicyclic) bond motifs is 2. The molecule has 0 aliphatic heterocycles. The van der Waals surface area contributed by atoms with Gasteiger partial charge in [-0.25, -0.2) is 4.98 Å². The maximum absolute atomic E-state index is 13.1. The predicted octanol–water partition coefficient (Wildman–Crippen LogP) is 3.37. The van der Waals surface area contributed by atoms with Crippen molar-refractivity contribution in [1.29, 1.82) is 0 Å². The first-order valence-corrected chi connectivity index (χ1v) is 12.6. The highest BCUT2D eigenvalue weighted by Crippen LogP contribution is 2.38. The molecule has 174 valence electrons. The monoisotopic (exact) mass is 486 g/mol. The van der Waals surface area contributed by atoms with Gasteiger partial charge in [0.25, 0.3) is 11.5 Å². The van der Waals surface area contributed by atoms with Gasteiger partial charge in [-0.15, -0.1) is 11.3 Å². The molecule has 3 aromatic rings. The zero-order valence-corrected chi connectivity index (χ0v) is 20.2. The second kappa shape index (κ2) is 10.1. The third-order valence-electron chi connectivity index (χ3n) is 5.63. The van der Waals surface area contributed by atoms with E-state index in [1.54, 1.807) is 29.9 Å². The van der Waals surface area contributed by atoms with E-state index in [0.717, 1.165) is 36.1 Å². The Balaban J connectivity index is 1.58. The number of primary amides is 1. The van der Waals surface area contributed by atoms with Gasteiger partial charge in [0, 0.05) is 12.0 Å². The molecule has 1 atom stereocenters. The fraction of sp³-hybridized carbons (Fsp3) is 0.391. The number of thiophene rings is 1. The molecule has 4 rings (SSSR count). The van der Waals surface area contributed by atoms with E-state index in [2.05, 4.69) is 10.3 Å². The lowest BCUT2D eigenvalue weighted by atomic mass is 9.95. The Morgan fingerprint density at radius 1 is 1.30 bits per heavy atom. The van der Waals surface area contributed by atoms with Gasteiger partial charge in [0.15, 0.2) is 5.16 Å². The van der Waals surface area contributed by atoms with Gasteiger partial charge in [-0.1, -0.05) is 23.9 Å². The van der Waals surface area contributed by atoms with Crippen molar-refractivity contribution in [2.24, 2.45) is 5.73 Å². The van der Waals surface area contributed by atoms with Gasteiger partial charge >= 0.3 is 0 Å². The smallest absolute Gasteiger partial charge is 0.262 e. The van der Waals surface area contributed by atoms with Crippen LogP contribution in [0.3, 0.4) is 0 Å². The average molecular weight is 487 g/mol. The van der Waals surface area contributed by atoms with Crippen LogP contribution in [0, 0.1) is 0 Å². The summed E-state index contributed by atoms with van der Waals surface area (Å²) in [6.07, 6.45) is 3.78. The molecule has 2 amide bonds. The number of nitrogens with one attached hydrogen (secondary N) is 1. The summed E-state index contributed by atoms with van der Waals surface area (Å²) in [5, 5.41) is 4.34. The lowest BCUT2D eigenvalue weighted by Gasteiger charge is -2.18. The number of ether oxygens (including phenoxy) is 1. The molecule has 2 aromatic heterocycles. The van der Waals surface area contributed by atoms with E-state index >= 15 is 0 Å². The molecule has 0 saturated carbocycles. The number of carbonyl (C=O) groups is 2. The van der Waals surface area contributed by atoms with E-state index in [9.17, 15) is 14.4 Å². The molecule has 1 aliphatic rings. The Morgan fingerprint density at radius 3 is 2.82 bits per heavy atom. The lowest BCUT2D eigenvalue weighted by Crippen LogP contribution is -2.29. The van der Waals surface area contributed by atoms with Crippen LogP contribution >= 0.6 is 23.1 Å². The number of anilines is 1. The zero-order valence-electron chi connectivity index (χ0n) is 18.6. The summed E-state index contributed by atoms with van der Waals surface area (Å²) in [7, 11) is 1.58. The normalized spacial score (nSPS) is 14.1. The second-order valence-corrected chi connectivity index (χ2v) is 10.1. The van der Waals surface area contributed by atoms with E-state index in [1.807, 2.05) is 13.0 Å². The third-order valence-corrected chi connectivity index (χ3v) is 7.79. The Kier molecular flexibility index (Phi) is 7.16. The van der Waals surface area contributed by atoms with Crippen molar-refractivity contribution in [1.82, 2.24) is 9.55 Å². The topological polar surface area (TPSA) is 116 Å². The first-order chi connectivity index (χ1) is 15.9. The summed E-state index contributed by atoms with van der Waals surface area (Å²) >= 11 is 2.61. The van der Waals surface area contributed by atoms with Crippen molar-refractivity contribution in [2.45, 2.75) is 43.8 Å². The number of hydrogen-bond acceptors (Lipinski definition) is 7. The number of para-hydroxylation sites is 1. The summed E-state index contributed by atoms with van der Waals surface area (Å²) in [5.41, 5.74) is 7.44. The van der Waals surface area contributed by atoms with E-state index in [4.69, 9.17) is 10.5 Å². The lowest BCUT2D eigenvalue weighted by molar-refractivity contribution is -0.113. The molecule has 0 radical (unpaired) electrons. The number of amides is 2. The van der Waals surface area contributed by atoms with Crippen LogP contribution in [0.25, 0.3) is 10.9 Å². The van der Waals surface area contributed by atoms with E-state index in [-0.39, 0.29) is 23.3 Å².